The molecule has 200 valence electrons. The van der Waals surface area contributed by atoms with Crippen LogP contribution >= 0.6 is 0 Å². The molecule has 0 spiro atoms. The summed E-state index contributed by atoms with van der Waals surface area (Å²) in [6.07, 6.45) is 15.5. The zero-order valence-electron chi connectivity index (χ0n) is 22.1. The molecule has 7 nitrogen and oxygen atoms in total. The average molecular weight is 508 g/mol. The number of nitrogens with one attached hydrogen (secondary N) is 3. The minimum atomic E-state index is -0.519. The molecule has 0 radical (unpaired) electrons. The first-order chi connectivity index (χ1) is 18.1. The van der Waals surface area contributed by atoms with Crippen LogP contribution in [0.2, 0.25) is 0 Å². The summed E-state index contributed by atoms with van der Waals surface area (Å²) in [4.78, 5) is 40.6. The molecule has 0 bridgehead atoms. The minimum Gasteiger partial charge on any atom is -0.445 e. The number of ketones is 2. The lowest BCUT2D eigenvalue weighted by Crippen LogP contribution is -2.29. The molecule has 1 aliphatic rings. The van der Waals surface area contributed by atoms with Crippen LogP contribution in [0.3, 0.4) is 0 Å². The van der Waals surface area contributed by atoms with Crippen LogP contribution in [-0.2, 0) is 17.8 Å². The first kappa shape index (κ1) is 28.2. The Hall–Kier alpha value is -3.35. The number of aromatic amines is 1. The predicted molar refractivity (Wildman–Crippen MR) is 146 cm³/mol. The van der Waals surface area contributed by atoms with Crippen molar-refractivity contribution in [2.45, 2.75) is 84.2 Å². The number of benzene rings is 1. The number of amides is 1. The Morgan fingerprint density at radius 1 is 0.892 bits per heavy atom. The van der Waals surface area contributed by atoms with Crippen LogP contribution < -0.4 is 10.6 Å². The van der Waals surface area contributed by atoms with Gasteiger partial charge in [0.25, 0.3) is 0 Å². The molecular formula is C30H41N3O4. The van der Waals surface area contributed by atoms with Gasteiger partial charge in [0.15, 0.2) is 0 Å². The van der Waals surface area contributed by atoms with Crippen LogP contribution in [0.15, 0.2) is 48.3 Å². The van der Waals surface area contributed by atoms with Crippen LogP contribution in [0.25, 0.3) is 0 Å². The van der Waals surface area contributed by atoms with E-state index < -0.39 is 6.09 Å². The molecule has 37 heavy (non-hydrogen) atoms. The number of hydrogen-bond donors (Lipinski definition) is 3. The number of ether oxygens (including phenoxy) is 1. The van der Waals surface area contributed by atoms with Crippen LogP contribution in [0, 0.1) is 0 Å². The summed E-state index contributed by atoms with van der Waals surface area (Å²) < 4.78 is 5.22. The van der Waals surface area contributed by atoms with E-state index in [2.05, 4.69) is 22.5 Å². The highest BCUT2D eigenvalue weighted by molar-refractivity contribution is 6.24. The molecule has 2 aromatic rings. The fourth-order valence-electron chi connectivity index (χ4n) is 4.56. The number of H-pyrrole nitrogens is 1. The fraction of sp³-hybridized carbons (Fsp3) is 0.500. The van der Waals surface area contributed by atoms with E-state index in [1.807, 2.05) is 30.3 Å². The van der Waals surface area contributed by atoms with Gasteiger partial charge in [-0.3, -0.25) is 9.59 Å². The molecule has 1 aromatic heterocycles. The summed E-state index contributed by atoms with van der Waals surface area (Å²) >= 11 is 0. The van der Waals surface area contributed by atoms with E-state index in [-0.39, 0.29) is 18.2 Å². The lowest BCUT2D eigenvalue weighted by Gasteiger charge is -2.15. The van der Waals surface area contributed by atoms with Crippen molar-refractivity contribution in [3.63, 3.8) is 0 Å². The minimum absolute atomic E-state index is 0.176. The molecular weight excluding hydrogens is 466 g/mol. The third kappa shape index (κ3) is 9.23. The van der Waals surface area contributed by atoms with Gasteiger partial charge in [0, 0.05) is 25.4 Å². The predicted octanol–water partition coefficient (Wildman–Crippen LogP) is 6.26. The van der Waals surface area contributed by atoms with Gasteiger partial charge in [-0.1, -0.05) is 95.0 Å². The van der Waals surface area contributed by atoms with Crippen LogP contribution in [0.4, 0.5) is 4.79 Å². The highest BCUT2D eigenvalue weighted by atomic mass is 16.5. The Balaban J connectivity index is 1.36. The zero-order valence-corrected chi connectivity index (χ0v) is 22.1. The van der Waals surface area contributed by atoms with Gasteiger partial charge >= 0.3 is 6.09 Å². The number of Topliss-reactive ketones (excluding diaryl/α,β-unsaturated/α-hetero) is 1. The number of carbonyl (C=O) groups excluding carboxylic acids is 3. The molecule has 0 saturated heterocycles. The lowest BCUT2D eigenvalue weighted by atomic mass is 9.94. The summed E-state index contributed by atoms with van der Waals surface area (Å²) in [5.41, 5.74) is 2.69. The number of unbranched alkanes of at least 4 members (excludes halogenated alkanes) is 9. The molecule has 0 aliphatic heterocycles. The zero-order chi connectivity index (χ0) is 26.3. The smallest absolute Gasteiger partial charge is 0.407 e. The van der Waals surface area contributed by atoms with E-state index in [4.69, 9.17) is 4.74 Å². The molecule has 1 amide bonds. The van der Waals surface area contributed by atoms with Crippen molar-refractivity contribution in [3.8, 4) is 0 Å². The van der Waals surface area contributed by atoms with Gasteiger partial charge in [-0.05, 0) is 24.0 Å². The molecule has 0 fully saturated rings. The van der Waals surface area contributed by atoms with Gasteiger partial charge in [0.1, 0.15) is 6.61 Å². The van der Waals surface area contributed by atoms with E-state index in [9.17, 15) is 14.4 Å². The largest absolute Gasteiger partial charge is 0.445 e. The van der Waals surface area contributed by atoms with Crippen molar-refractivity contribution in [3.05, 3.63) is 70.7 Å². The van der Waals surface area contributed by atoms with E-state index in [0.717, 1.165) is 18.4 Å². The van der Waals surface area contributed by atoms with E-state index >= 15 is 0 Å². The molecule has 0 atom stereocenters. The molecule has 1 aliphatic carbocycles. The van der Waals surface area contributed by atoms with Crippen molar-refractivity contribution in [2.24, 2.45) is 0 Å². The second kappa shape index (κ2) is 15.7. The van der Waals surface area contributed by atoms with Crippen LogP contribution in [-0.4, -0.2) is 35.7 Å². The summed E-state index contributed by atoms with van der Waals surface area (Å²) in [5.74, 6) is -0.383. The number of alkyl carbamates (subject to hydrolysis) is 1. The Kier molecular flexibility index (Phi) is 12.0. The number of aromatic nitrogens is 1. The van der Waals surface area contributed by atoms with E-state index in [1.54, 1.807) is 6.20 Å². The molecule has 7 heteroatoms. The van der Waals surface area contributed by atoms with Crippen molar-refractivity contribution in [2.75, 3.05) is 13.1 Å². The van der Waals surface area contributed by atoms with Crippen molar-refractivity contribution in [1.82, 2.24) is 15.6 Å². The highest BCUT2D eigenvalue weighted by Gasteiger charge is 2.29. The Labute approximate surface area is 220 Å². The van der Waals surface area contributed by atoms with Gasteiger partial charge in [0.2, 0.25) is 11.6 Å². The first-order valence-electron chi connectivity index (χ1n) is 13.8. The maximum absolute atomic E-state index is 13.1. The molecule has 0 saturated carbocycles. The molecule has 3 N–H and O–H groups in total. The summed E-state index contributed by atoms with van der Waals surface area (Å²) in [5, 5.41) is 5.89. The third-order valence-electron chi connectivity index (χ3n) is 6.68. The van der Waals surface area contributed by atoms with Gasteiger partial charge in [-0.2, -0.15) is 0 Å². The number of fused-ring (bicyclic) bond motifs is 1. The van der Waals surface area contributed by atoms with Gasteiger partial charge in [-0.15, -0.1) is 0 Å². The molecule has 1 aromatic carbocycles. The first-order valence-corrected chi connectivity index (χ1v) is 13.8. The van der Waals surface area contributed by atoms with Gasteiger partial charge < -0.3 is 20.4 Å². The Bertz CT molecular complexity index is 1040. The van der Waals surface area contributed by atoms with Gasteiger partial charge in [-0.25, -0.2) is 4.79 Å². The second-order valence-corrected chi connectivity index (χ2v) is 9.66. The van der Waals surface area contributed by atoms with Crippen molar-refractivity contribution < 1.29 is 19.1 Å². The lowest BCUT2D eigenvalue weighted by molar-refractivity contribution is 0.0975. The highest BCUT2D eigenvalue weighted by Crippen LogP contribution is 2.24. The number of allylic oxidation sites excluding steroid dienone is 2. The number of hydrogen-bond acceptors (Lipinski definition) is 5. The van der Waals surface area contributed by atoms with Crippen molar-refractivity contribution >= 4 is 17.7 Å². The topological polar surface area (TPSA) is 100 Å². The Morgan fingerprint density at radius 3 is 2.27 bits per heavy atom. The third-order valence-corrected chi connectivity index (χ3v) is 6.68. The SMILES string of the molecule is CCCCCCCCCCCCNC1=CC(=O)c2[nH]cc(CCNC(=O)OCc3ccccc3)c2C1=O. The van der Waals surface area contributed by atoms with Gasteiger partial charge in [0.05, 0.1) is 17.0 Å². The fourth-order valence-corrected chi connectivity index (χ4v) is 4.56. The van der Waals surface area contributed by atoms with E-state index in [0.29, 0.717) is 42.0 Å². The van der Waals surface area contributed by atoms with Crippen LogP contribution in [0.1, 0.15) is 103 Å². The maximum atomic E-state index is 13.1. The van der Waals surface area contributed by atoms with Crippen LogP contribution in [0.5, 0.6) is 0 Å². The summed E-state index contributed by atoms with van der Waals surface area (Å²) in [6, 6.07) is 9.45. The molecule has 0 unspecified atom stereocenters. The average Bonchev–Trinajstić information content (AvgIpc) is 3.34. The summed E-state index contributed by atoms with van der Waals surface area (Å²) in [6.45, 7) is 3.40. The Morgan fingerprint density at radius 2 is 1.57 bits per heavy atom. The quantitative estimate of drug-likeness (QED) is 0.220. The number of rotatable bonds is 17. The maximum Gasteiger partial charge on any atom is 0.407 e. The molecule has 3 rings (SSSR count). The van der Waals surface area contributed by atoms with Crippen molar-refractivity contribution in [1.29, 1.82) is 0 Å². The van der Waals surface area contributed by atoms with E-state index in [1.165, 1.54) is 57.4 Å². The second-order valence-electron chi connectivity index (χ2n) is 9.66. The standard InChI is InChI=1S/C30H41N3O4/c1-2-3-4-5-6-7-8-9-10-14-18-31-25-20-26(34)28-27(29(25)35)24(21-33-28)17-19-32-30(36)37-22-23-15-12-11-13-16-23/h11-13,15-16,20-21,31,33H,2-10,14,17-19,22H2,1H3,(H,32,36). The number of carbonyl (C=O) groups is 3. The molecule has 1 heterocycles. The monoisotopic (exact) mass is 507 g/mol. The summed E-state index contributed by atoms with van der Waals surface area (Å²) in [7, 11) is 0. The normalized spacial score (nSPS) is 12.7.